The fraction of sp³-hybridized carbons (Fsp3) is 0.773. The first-order valence-electron chi connectivity index (χ1n) is 35.1. The molecule has 81 heavy (non-hydrogen) atoms. The molecule has 0 aromatic rings. The molecule has 0 aliphatic heterocycles. The first kappa shape index (κ1) is 77.6. The van der Waals surface area contributed by atoms with Gasteiger partial charge in [0.05, 0.1) is 0 Å². The van der Waals surface area contributed by atoms with Crippen molar-refractivity contribution < 1.29 is 28.6 Å². The standard InChI is InChI=1S/C75H132O6/c1-4-7-10-13-16-19-22-25-28-31-33-35-37-39-41-44-47-50-53-56-59-62-65-68-74(77)80-71-72(70-79-73(76)67-64-61-58-55-52-49-46-43-30-27-24-21-18-15-12-9-6-3)81-75(78)69-66-63-60-57-54-51-48-45-42-40-38-36-34-32-29-26-23-20-17-14-11-8-5-2/h7,10,16,18-19,21,25,27-28,30,33,35,39,41,72H,4-6,8-9,11-15,17,20,22-24,26,29,31-32,34,36-38,40,42-71H2,1-3H3/b10-7-,19-16-,21-18-,28-25-,30-27-,35-33-,41-39-. The Balaban J connectivity index is 4.37. The van der Waals surface area contributed by atoms with E-state index in [1.165, 1.54) is 205 Å². The van der Waals surface area contributed by atoms with Crippen LogP contribution in [0.2, 0.25) is 0 Å². The highest BCUT2D eigenvalue weighted by molar-refractivity contribution is 5.71. The van der Waals surface area contributed by atoms with E-state index >= 15 is 0 Å². The van der Waals surface area contributed by atoms with Gasteiger partial charge in [0.15, 0.2) is 6.10 Å². The van der Waals surface area contributed by atoms with Crippen LogP contribution >= 0.6 is 0 Å². The molecule has 0 aliphatic rings. The van der Waals surface area contributed by atoms with Crippen LogP contribution in [0.3, 0.4) is 0 Å². The van der Waals surface area contributed by atoms with Gasteiger partial charge in [0.2, 0.25) is 0 Å². The minimum Gasteiger partial charge on any atom is -0.462 e. The van der Waals surface area contributed by atoms with Crippen molar-refractivity contribution in [3.63, 3.8) is 0 Å². The van der Waals surface area contributed by atoms with Crippen LogP contribution in [0.15, 0.2) is 85.1 Å². The third-order valence-corrected chi connectivity index (χ3v) is 15.4. The number of ether oxygens (including phenoxy) is 3. The van der Waals surface area contributed by atoms with Crippen LogP contribution in [-0.4, -0.2) is 37.2 Å². The van der Waals surface area contributed by atoms with Crippen molar-refractivity contribution in [3.8, 4) is 0 Å². The van der Waals surface area contributed by atoms with Crippen LogP contribution in [0.1, 0.15) is 355 Å². The molecule has 0 rings (SSSR count). The van der Waals surface area contributed by atoms with Gasteiger partial charge in [0, 0.05) is 19.3 Å². The molecule has 1 unspecified atom stereocenters. The van der Waals surface area contributed by atoms with Crippen molar-refractivity contribution in [2.75, 3.05) is 13.2 Å². The van der Waals surface area contributed by atoms with Gasteiger partial charge >= 0.3 is 17.9 Å². The van der Waals surface area contributed by atoms with Crippen LogP contribution in [0.4, 0.5) is 0 Å². The summed E-state index contributed by atoms with van der Waals surface area (Å²) < 4.78 is 17.0. The van der Waals surface area contributed by atoms with E-state index in [1.807, 2.05) is 0 Å². The Hall–Kier alpha value is -3.41. The number of carbonyl (C=O) groups is 3. The van der Waals surface area contributed by atoms with Crippen molar-refractivity contribution in [1.29, 1.82) is 0 Å². The summed E-state index contributed by atoms with van der Waals surface area (Å²) >= 11 is 0. The van der Waals surface area contributed by atoms with Gasteiger partial charge in [0.1, 0.15) is 13.2 Å². The molecule has 468 valence electrons. The van der Waals surface area contributed by atoms with Crippen molar-refractivity contribution in [2.45, 2.75) is 361 Å². The second-order valence-corrected chi connectivity index (χ2v) is 23.4. The molecule has 0 bridgehead atoms. The molecule has 0 spiro atoms. The summed E-state index contributed by atoms with van der Waals surface area (Å²) in [5.41, 5.74) is 0. The van der Waals surface area contributed by atoms with Crippen molar-refractivity contribution in [3.05, 3.63) is 85.1 Å². The Morgan fingerprint density at radius 3 is 0.778 bits per heavy atom. The number of carbonyl (C=O) groups excluding carboxylic acids is 3. The molecule has 6 heteroatoms. The van der Waals surface area contributed by atoms with Gasteiger partial charge in [-0.15, -0.1) is 0 Å². The molecule has 0 saturated carbocycles. The zero-order valence-corrected chi connectivity index (χ0v) is 53.8. The molecule has 0 aromatic heterocycles. The smallest absolute Gasteiger partial charge is 0.306 e. The molecule has 0 aromatic carbocycles. The molecule has 0 aliphatic carbocycles. The molecule has 1 atom stereocenters. The first-order chi connectivity index (χ1) is 40.0. The lowest BCUT2D eigenvalue weighted by Crippen LogP contribution is -2.30. The van der Waals surface area contributed by atoms with Gasteiger partial charge in [-0.3, -0.25) is 14.4 Å². The predicted molar refractivity (Wildman–Crippen MR) is 353 cm³/mol. The number of rotatable bonds is 64. The number of esters is 3. The number of hydrogen-bond acceptors (Lipinski definition) is 6. The maximum atomic E-state index is 13.0. The summed E-state index contributed by atoms with van der Waals surface area (Å²) in [4.78, 5) is 38.5. The van der Waals surface area contributed by atoms with Gasteiger partial charge < -0.3 is 14.2 Å². The molecule has 0 saturated heterocycles. The Kier molecular flexibility index (Phi) is 66.2. The fourth-order valence-corrected chi connectivity index (χ4v) is 10.2. The summed E-state index contributed by atoms with van der Waals surface area (Å²) in [6, 6.07) is 0. The van der Waals surface area contributed by atoms with E-state index in [-0.39, 0.29) is 31.1 Å². The summed E-state index contributed by atoms with van der Waals surface area (Å²) in [7, 11) is 0. The lowest BCUT2D eigenvalue weighted by Gasteiger charge is -2.18. The Morgan fingerprint density at radius 1 is 0.259 bits per heavy atom. The number of allylic oxidation sites excluding steroid dienone is 14. The lowest BCUT2D eigenvalue weighted by atomic mass is 10.0. The maximum Gasteiger partial charge on any atom is 0.306 e. The SMILES string of the molecule is CC/C=C\C/C=C\C/C=C\C/C=C\C/C=C\CCCCCCCCCC(=O)OCC(COC(=O)CCCCCCCCC/C=C\C/C=C\CCCCC)OC(=O)CCCCCCCCCCCCCCCCCCCCCCCCC. The van der Waals surface area contributed by atoms with Crippen LogP contribution in [0.25, 0.3) is 0 Å². The molecule has 0 fully saturated rings. The summed E-state index contributed by atoms with van der Waals surface area (Å²) in [6.45, 7) is 6.54. The monoisotopic (exact) mass is 1130 g/mol. The average molecular weight is 1130 g/mol. The number of hydrogen-bond donors (Lipinski definition) is 0. The maximum absolute atomic E-state index is 13.0. The van der Waals surface area contributed by atoms with Crippen molar-refractivity contribution >= 4 is 17.9 Å². The Bertz CT molecular complexity index is 1530. The number of unbranched alkanes of at least 4 members (excludes halogenated alkanes) is 39. The third kappa shape index (κ3) is 67.3. The van der Waals surface area contributed by atoms with Crippen molar-refractivity contribution in [2.24, 2.45) is 0 Å². The topological polar surface area (TPSA) is 78.9 Å². The van der Waals surface area contributed by atoms with Crippen LogP contribution in [0, 0.1) is 0 Å². The highest BCUT2D eigenvalue weighted by Crippen LogP contribution is 2.18. The van der Waals surface area contributed by atoms with Crippen LogP contribution in [-0.2, 0) is 28.6 Å². The molecule has 0 radical (unpaired) electrons. The Labute approximate surface area is 503 Å². The van der Waals surface area contributed by atoms with E-state index < -0.39 is 6.10 Å². The molecule has 6 nitrogen and oxygen atoms in total. The van der Waals surface area contributed by atoms with Gasteiger partial charge in [-0.1, -0.05) is 324 Å². The zero-order valence-electron chi connectivity index (χ0n) is 53.8. The lowest BCUT2D eigenvalue weighted by molar-refractivity contribution is -0.167. The minimum atomic E-state index is -0.786. The second kappa shape index (κ2) is 69.1. The quantitative estimate of drug-likeness (QED) is 0.0261. The van der Waals surface area contributed by atoms with E-state index in [0.29, 0.717) is 19.3 Å². The average Bonchev–Trinajstić information content (AvgIpc) is 3.47. The highest BCUT2D eigenvalue weighted by Gasteiger charge is 2.19. The molecular weight excluding hydrogens is 997 g/mol. The summed E-state index contributed by atoms with van der Waals surface area (Å²) in [5, 5.41) is 0. The van der Waals surface area contributed by atoms with E-state index in [4.69, 9.17) is 14.2 Å². The predicted octanol–water partition coefficient (Wildman–Crippen LogP) is 24.2. The normalized spacial score (nSPS) is 12.6. The zero-order chi connectivity index (χ0) is 58.5. The summed E-state index contributed by atoms with van der Waals surface area (Å²) in [5.74, 6) is -0.879. The van der Waals surface area contributed by atoms with Crippen molar-refractivity contribution in [1.82, 2.24) is 0 Å². The van der Waals surface area contributed by atoms with Gasteiger partial charge in [-0.2, -0.15) is 0 Å². The molecule has 0 amide bonds. The Morgan fingerprint density at radius 2 is 0.481 bits per heavy atom. The van der Waals surface area contributed by atoms with Crippen LogP contribution < -0.4 is 0 Å². The third-order valence-electron chi connectivity index (χ3n) is 15.4. The highest BCUT2D eigenvalue weighted by atomic mass is 16.6. The van der Waals surface area contributed by atoms with E-state index in [0.717, 1.165) is 109 Å². The molecular formula is C75H132O6. The molecule has 0 heterocycles. The fourth-order valence-electron chi connectivity index (χ4n) is 10.2. The first-order valence-corrected chi connectivity index (χ1v) is 35.1. The molecule has 0 N–H and O–H groups in total. The minimum absolute atomic E-state index is 0.0813. The van der Waals surface area contributed by atoms with E-state index in [2.05, 4.69) is 106 Å². The van der Waals surface area contributed by atoms with E-state index in [9.17, 15) is 14.4 Å². The van der Waals surface area contributed by atoms with Gasteiger partial charge in [-0.05, 0) is 96.3 Å². The van der Waals surface area contributed by atoms with Crippen LogP contribution in [0.5, 0.6) is 0 Å². The summed E-state index contributed by atoms with van der Waals surface area (Å²) in [6.07, 6.45) is 91.7. The van der Waals surface area contributed by atoms with Gasteiger partial charge in [-0.25, -0.2) is 0 Å². The van der Waals surface area contributed by atoms with E-state index in [1.54, 1.807) is 0 Å². The largest absolute Gasteiger partial charge is 0.462 e. The van der Waals surface area contributed by atoms with Gasteiger partial charge in [0.25, 0.3) is 0 Å². The second-order valence-electron chi connectivity index (χ2n) is 23.4.